The Labute approximate surface area is 324 Å². The third-order valence-electron chi connectivity index (χ3n) is 12.4. The fourth-order valence-corrected chi connectivity index (χ4v) is 9.64. The molecule has 0 atom stereocenters. The van der Waals surface area contributed by atoms with E-state index in [0.29, 0.717) is 5.95 Å². The number of para-hydroxylation sites is 1. The van der Waals surface area contributed by atoms with E-state index in [-0.39, 0.29) is 5.41 Å². The number of benzene rings is 9. The van der Waals surface area contributed by atoms with Gasteiger partial charge in [0, 0.05) is 32.5 Å². The van der Waals surface area contributed by atoms with Crippen LogP contribution in [0.4, 0.5) is 0 Å². The monoisotopic (exact) mass is 713 g/mol. The highest BCUT2D eigenvalue weighted by atomic mass is 15.2. The molecule has 12 rings (SSSR count). The molecule has 0 N–H and O–H groups in total. The molecule has 0 saturated carbocycles. The molecule has 2 aromatic heterocycles. The molecule has 0 unspecified atom stereocenters. The van der Waals surface area contributed by atoms with Crippen LogP contribution >= 0.6 is 0 Å². The van der Waals surface area contributed by atoms with E-state index in [9.17, 15) is 0 Å². The number of hydrogen-bond acceptors (Lipinski definition) is 2. The number of rotatable bonds is 3. The van der Waals surface area contributed by atoms with Crippen LogP contribution in [0.2, 0.25) is 0 Å². The zero-order chi connectivity index (χ0) is 37.1. The summed E-state index contributed by atoms with van der Waals surface area (Å²) >= 11 is 0. The Bertz CT molecular complexity index is 3440. The van der Waals surface area contributed by atoms with Crippen molar-refractivity contribution in [2.75, 3.05) is 0 Å². The third-order valence-corrected chi connectivity index (χ3v) is 12.4. The smallest absolute Gasteiger partial charge is 0.235 e. The van der Waals surface area contributed by atoms with Crippen molar-refractivity contribution in [3.05, 3.63) is 187 Å². The number of fused-ring (bicyclic) bond motifs is 12. The highest BCUT2D eigenvalue weighted by Crippen LogP contribution is 2.53. The quantitative estimate of drug-likeness (QED) is 0.171. The van der Waals surface area contributed by atoms with Crippen molar-refractivity contribution in [1.29, 1.82) is 0 Å². The molecule has 2 heterocycles. The lowest BCUT2D eigenvalue weighted by atomic mass is 9.82. The minimum atomic E-state index is -0.179. The first-order chi connectivity index (χ1) is 27.5. The molecule has 3 heteroatoms. The second kappa shape index (κ2) is 11.5. The summed E-state index contributed by atoms with van der Waals surface area (Å²) in [5.74, 6) is 0.673. The average molecular weight is 714 g/mol. The van der Waals surface area contributed by atoms with Crippen LogP contribution in [0.25, 0.3) is 104 Å². The van der Waals surface area contributed by atoms with Gasteiger partial charge < -0.3 is 0 Å². The molecule has 1 aliphatic rings. The van der Waals surface area contributed by atoms with Crippen LogP contribution in [0.5, 0.6) is 0 Å². The van der Waals surface area contributed by atoms with Gasteiger partial charge in [0.2, 0.25) is 5.95 Å². The van der Waals surface area contributed by atoms with E-state index < -0.39 is 0 Å². The van der Waals surface area contributed by atoms with Crippen LogP contribution in [0, 0.1) is 0 Å². The van der Waals surface area contributed by atoms with E-state index in [1.54, 1.807) is 0 Å². The lowest BCUT2D eigenvalue weighted by Gasteiger charge is -2.22. The summed E-state index contributed by atoms with van der Waals surface area (Å²) in [6.07, 6.45) is 0. The molecule has 0 spiro atoms. The van der Waals surface area contributed by atoms with Gasteiger partial charge in [0.1, 0.15) is 0 Å². The molecule has 0 amide bonds. The molecular weight excluding hydrogens is 679 g/mol. The molecule has 0 fully saturated rings. The largest absolute Gasteiger partial charge is 0.278 e. The Hall–Kier alpha value is -7.10. The van der Waals surface area contributed by atoms with Gasteiger partial charge in [-0.3, -0.25) is 4.57 Å². The molecule has 11 aromatic rings. The van der Waals surface area contributed by atoms with E-state index in [0.717, 1.165) is 44.0 Å². The first-order valence-corrected chi connectivity index (χ1v) is 19.4. The molecule has 0 saturated heterocycles. The summed E-state index contributed by atoms with van der Waals surface area (Å²) in [4.78, 5) is 11.0. The van der Waals surface area contributed by atoms with Gasteiger partial charge in [0.15, 0.2) is 0 Å². The summed E-state index contributed by atoms with van der Waals surface area (Å²) in [5, 5.41) is 10.8. The number of hydrogen-bond donors (Lipinski definition) is 0. The minimum absolute atomic E-state index is 0.179. The van der Waals surface area contributed by atoms with Gasteiger partial charge in [0.05, 0.1) is 22.2 Å². The molecule has 1 aliphatic carbocycles. The number of aromatic nitrogens is 3. The van der Waals surface area contributed by atoms with Crippen molar-refractivity contribution in [1.82, 2.24) is 14.5 Å². The zero-order valence-corrected chi connectivity index (χ0v) is 31.1. The normalized spacial score (nSPS) is 13.3. The topological polar surface area (TPSA) is 30.7 Å². The van der Waals surface area contributed by atoms with Crippen LogP contribution in [-0.2, 0) is 5.41 Å². The standard InChI is InChI=1S/C53H35N3/c1-53(2)45-29-27-33-13-4-7-17-39(33)49(45)44-30-43-41-19-9-10-21-47(41)56(48(43)31-46(44)53)52-54-50(42-28-26-34-14-5-8-18-40(34)51(42)55-52)36-24-22-35(23-25-36)38-20-11-15-32-12-3-6-16-37(32)38/h3-31H,1-2H3. The molecule has 3 nitrogen and oxygen atoms in total. The predicted octanol–water partition coefficient (Wildman–Crippen LogP) is 13.8. The SMILES string of the molecule is CC1(C)c2cc3c(cc2-c2c1ccc1ccccc21)c1ccccc1n3-c1nc(-c2ccc(-c3cccc4ccccc34)cc2)c2ccc3ccccc3c2n1. The molecule has 56 heavy (non-hydrogen) atoms. The highest BCUT2D eigenvalue weighted by molar-refractivity contribution is 6.14. The third kappa shape index (κ3) is 4.34. The van der Waals surface area contributed by atoms with Crippen LogP contribution in [0.15, 0.2) is 176 Å². The maximum Gasteiger partial charge on any atom is 0.235 e. The van der Waals surface area contributed by atoms with Crippen LogP contribution in [0.1, 0.15) is 25.0 Å². The van der Waals surface area contributed by atoms with Gasteiger partial charge in [-0.05, 0) is 84.6 Å². The van der Waals surface area contributed by atoms with Gasteiger partial charge in [-0.1, -0.05) is 166 Å². The summed E-state index contributed by atoms with van der Waals surface area (Å²) in [6, 6.07) is 64.0. The van der Waals surface area contributed by atoms with E-state index in [1.807, 2.05) is 0 Å². The van der Waals surface area contributed by atoms with Gasteiger partial charge in [-0.15, -0.1) is 0 Å². The Kier molecular flexibility index (Phi) is 6.40. The van der Waals surface area contributed by atoms with Gasteiger partial charge >= 0.3 is 0 Å². The fourth-order valence-electron chi connectivity index (χ4n) is 9.64. The lowest BCUT2D eigenvalue weighted by molar-refractivity contribution is 0.661. The second-order valence-corrected chi connectivity index (χ2v) is 15.8. The molecule has 0 bridgehead atoms. The Balaban J connectivity index is 1.12. The van der Waals surface area contributed by atoms with E-state index in [4.69, 9.17) is 9.97 Å². The summed E-state index contributed by atoms with van der Waals surface area (Å²) in [5.41, 5.74) is 12.7. The second-order valence-electron chi connectivity index (χ2n) is 15.8. The Morgan fingerprint density at radius 2 is 1.04 bits per heavy atom. The Morgan fingerprint density at radius 1 is 0.411 bits per heavy atom. The van der Waals surface area contributed by atoms with Gasteiger partial charge in [-0.2, -0.15) is 0 Å². The maximum atomic E-state index is 5.54. The maximum absolute atomic E-state index is 5.54. The molecule has 0 aliphatic heterocycles. The zero-order valence-electron chi connectivity index (χ0n) is 31.1. The van der Waals surface area contributed by atoms with E-state index >= 15 is 0 Å². The average Bonchev–Trinajstić information content (AvgIpc) is 3.70. The predicted molar refractivity (Wildman–Crippen MR) is 235 cm³/mol. The van der Waals surface area contributed by atoms with Gasteiger partial charge in [0.25, 0.3) is 0 Å². The molecule has 0 radical (unpaired) electrons. The first kappa shape index (κ1) is 31.3. The number of nitrogens with zero attached hydrogens (tertiary/aromatic N) is 3. The lowest BCUT2D eigenvalue weighted by Crippen LogP contribution is -2.15. The van der Waals surface area contributed by atoms with Crippen molar-refractivity contribution < 1.29 is 0 Å². The van der Waals surface area contributed by atoms with Crippen molar-refractivity contribution >= 4 is 65.0 Å². The van der Waals surface area contributed by atoms with Crippen molar-refractivity contribution in [2.24, 2.45) is 0 Å². The summed E-state index contributed by atoms with van der Waals surface area (Å²) in [7, 11) is 0. The highest BCUT2D eigenvalue weighted by Gasteiger charge is 2.37. The molecule has 262 valence electrons. The molecule has 9 aromatic carbocycles. The summed E-state index contributed by atoms with van der Waals surface area (Å²) in [6.45, 7) is 4.73. The first-order valence-electron chi connectivity index (χ1n) is 19.4. The van der Waals surface area contributed by atoms with Crippen LogP contribution in [0.3, 0.4) is 0 Å². The van der Waals surface area contributed by atoms with Crippen molar-refractivity contribution in [3.63, 3.8) is 0 Å². The van der Waals surface area contributed by atoms with Crippen LogP contribution < -0.4 is 0 Å². The Morgan fingerprint density at radius 3 is 1.84 bits per heavy atom. The minimum Gasteiger partial charge on any atom is -0.278 e. The van der Waals surface area contributed by atoms with Crippen LogP contribution in [-0.4, -0.2) is 14.5 Å². The summed E-state index contributed by atoms with van der Waals surface area (Å²) < 4.78 is 2.30. The van der Waals surface area contributed by atoms with Crippen molar-refractivity contribution in [3.8, 4) is 39.5 Å². The van der Waals surface area contributed by atoms with Crippen molar-refractivity contribution in [2.45, 2.75) is 19.3 Å². The fraction of sp³-hybridized carbons (Fsp3) is 0.0566. The van der Waals surface area contributed by atoms with Gasteiger partial charge in [-0.25, -0.2) is 9.97 Å². The van der Waals surface area contributed by atoms with E-state index in [1.165, 1.54) is 65.7 Å². The van der Waals surface area contributed by atoms with E-state index in [2.05, 4.69) is 194 Å². The molecular formula is C53H35N3.